The third-order valence-corrected chi connectivity index (χ3v) is 6.37. The summed E-state index contributed by atoms with van der Waals surface area (Å²) in [7, 11) is 1.67. The van der Waals surface area contributed by atoms with Crippen LogP contribution in [0.1, 0.15) is 0 Å². The summed E-state index contributed by atoms with van der Waals surface area (Å²) in [4.78, 5) is 25.4. The van der Waals surface area contributed by atoms with Crippen molar-refractivity contribution in [3.63, 3.8) is 0 Å². The number of ether oxygens (including phenoxy) is 1. The zero-order chi connectivity index (χ0) is 23.2. The molecule has 10 heteroatoms. The molecule has 0 aliphatic carbocycles. The quantitative estimate of drug-likeness (QED) is 0.392. The second-order valence-corrected chi connectivity index (χ2v) is 8.78. The number of benzene rings is 2. The number of rotatable bonds is 7. The molecule has 2 heterocycles. The summed E-state index contributed by atoms with van der Waals surface area (Å²) in [6.45, 7) is 3.34. The summed E-state index contributed by atoms with van der Waals surface area (Å²) >= 11 is 7.02. The van der Waals surface area contributed by atoms with Gasteiger partial charge in [0.2, 0.25) is 5.91 Å². The van der Waals surface area contributed by atoms with Gasteiger partial charge >= 0.3 is 0 Å². The molecule has 0 atom stereocenters. The number of aromatic nitrogens is 2. The zero-order valence-electron chi connectivity index (χ0n) is 18.0. The predicted octanol–water partition coefficient (Wildman–Crippen LogP) is 4.34. The molecular weight excluding hydrogens is 465 g/mol. The van der Waals surface area contributed by atoms with E-state index in [1.165, 1.54) is 30.2 Å². The number of nitrogens with zero attached hydrogens (tertiary/aromatic N) is 4. The lowest BCUT2D eigenvalue weighted by Crippen LogP contribution is -2.46. The van der Waals surface area contributed by atoms with Gasteiger partial charge in [0, 0.05) is 49.0 Å². The van der Waals surface area contributed by atoms with Gasteiger partial charge in [-0.3, -0.25) is 4.79 Å². The Morgan fingerprint density at radius 1 is 1.12 bits per heavy atom. The van der Waals surface area contributed by atoms with E-state index in [1.807, 2.05) is 24.3 Å². The smallest absolute Gasteiger partial charge is 0.234 e. The van der Waals surface area contributed by atoms with Gasteiger partial charge in [-0.25, -0.2) is 14.4 Å². The lowest BCUT2D eigenvalue weighted by Gasteiger charge is -2.36. The summed E-state index contributed by atoms with van der Waals surface area (Å²) in [5, 5.41) is 3.51. The Morgan fingerprint density at radius 3 is 2.67 bits per heavy atom. The van der Waals surface area contributed by atoms with Gasteiger partial charge < -0.3 is 19.9 Å². The fraction of sp³-hybridized carbons (Fsp3) is 0.261. The van der Waals surface area contributed by atoms with Crippen molar-refractivity contribution in [1.29, 1.82) is 0 Å². The van der Waals surface area contributed by atoms with Crippen LogP contribution in [0.5, 0.6) is 5.75 Å². The number of methoxy groups -OCH3 is 1. The van der Waals surface area contributed by atoms with E-state index in [9.17, 15) is 9.18 Å². The molecule has 1 aliphatic rings. The van der Waals surface area contributed by atoms with Gasteiger partial charge in [-0.15, -0.1) is 0 Å². The monoisotopic (exact) mass is 487 g/mol. The molecule has 1 fully saturated rings. The Kier molecular flexibility index (Phi) is 7.51. The van der Waals surface area contributed by atoms with E-state index in [-0.39, 0.29) is 22.4 Å². The van der Waals surface area contributed by atoms with Crippen LogP contribution in [0.3, 0.4) is 0 Å². The van der Waals surface area contributed by atoms with Crippen molar-refractivity contribution in [2.75, 3.05) is 54.2 Å². The van der Waals surface area contributed by atoms with Crippen LogP contribution in [-0.4, -0.2) is 54.9 Å². The lowest BCUT2D eigenvalue weighted by molar-refractivity contribution is -0.113. The van der Waals surface area contributed by atoms with Crippen LogP contribution in [-0.2, 0) is 4.79 Å². The maximum absolute atomic E-state index is 13.9. The number of thioether (sulfide) groups is 1. The molecule has 7 nitrogen and oxygen atoms in total. The molecule has 4 rings (SSSR count). The van der Waals surface area contributed by atoms with E-state index >= 15 is 0 Å². The van der Waals surface area contributed by atoms with Crippen molar-refractivity contribution >= 4 is 46.5 Å². The Bertz CT molecular complexity index is 1130. The minimum Gasteiger partial charge on any atom is -0.497 e. The summed E-state index contributed by atoms with van der Waals surface area (Å²) in [6.07, 6.45) is 1.50. The van der Waals surface area contributed by atoms with Crippen LogP contribution < -0.4 is 19.9 Å². The van der Waals surface area contributed by atoms with Crippen LogP contribution in [0.15, 0.2) is 59.9 Å². The van der Waals surface area contributed by atoms with Crippen molar-refractivity contribution in [2.24, 2.45) is 0 Å². The number of carbonyl (C=O) groups excluding carboxylic acids is 1. The molecule has 2 aromatic carbocycles. The van der Waals surface area contributed by atoms with Crippen LogP contribution in [0, 0.1) is 5.82 Å². The normalized spacial score (nSPS) is 13.7. The molecule has 1 aliphatic heterocycles. The van der Waals surface area contributed by atoms with Gasteiger partial charge in [-0.1, -0.05) is 29.4 Å². The molecule has 0 saturated carbocycles. The predicted molar refractivity (Wildman–Crippen MR) is 130 cm³/mol. The summed E-state index contributed by atoms with van der Waals surface area (Å²) in [5.74, 6) is 0.867. The zero-order valence-corrected chi connectivity index (χ0v) is 19.6. The highest BCUT2D eigenvalue weighted by Gasteiger charge is 2.19. The second-order valence-electron chi connectivity index (χ2n) is 7.35. The Labute approximate surface area is 200 Å². The minimum absolute atomic E-state index is 0.0993. The molecule has 0 radical (unpaired) electrons. The molecule has 1 amide bonds. The standard InChI is InChI=1S/C23H23ClFN5O2S/c1-32-18-4-2-3-17(12-18)29-7-9-30(10-8-29)21-13-23(27-15-26-21)33-14-22(31)28-20-6-5-16(24)11-19(20)25/h2-6,11-13,15H,7-10,14H2,1H3,(H,28,31). The highest BCUT2D eigenvalue weighted by molar-refractivity contribution is 7.99. The molecule has 172 valence electrons. The van der Waals surface area contributed by atoms with Gasteiger partial charge in [-0.05, 0) is 30.3 Å². The molecule has 1 N–H and O–H groups in total. The average molecular weight is 488 g/mol. The van der Waals surface area contributed by atoms with E-state index in [2.05, 4.69) is 31.2 Å². The fourth-order valence-corrected chi connectivity index (χ4v) is 4.32. The first-order valence-corrected chi connectivity index (χ1v) is 11.7. The highest BCUT2D eigenvalue weighted by Crippen LogP contribution is 2.25. The maximum Gasteiger partial charge on any atom is 0.234 e. The number of anilines is 3. The van der Waals surface area contributed by atoms with E-state index in [0.29, 0.717) is 5.03 Å². The molecule has 1 aromatic heterocycles. The van der Waals surface area contributed by atoms with Crippen molar-refractivity contribution in [3.05, 3.63) is 65.7 Å². The fourth-order valence-electron chi connectivity index (χ4n) is 3.50. The third-order valence-electron chi connectivity index (χ3n) is 5.21. The molecule has 0 spiro atoms. The van der Waals surface area contributed by atoms with E-state index < -0.39 is 5.82 Å². The maximum atomic E-state index is 13.9. The topological polar surface area (TPSA) is 70.6 Å². The molecule has 0 bridgehead atoms. The number of carbonyl (C=O) groups is 1. The first kappa shape index (κ1) is 23.1. The number of hydrogen-bond donors (Lipinski definition) is 1. The molecule has 1 saturated heterocycles. The van der Waals surface area contributed by atoms with Crippen molar-refractivity contribution < 1.29 is 13.9 Å². The summed E-state index contributed by atoms with van der Waals surface area (Å²) < 4.78 is 19.2. The Balaban J connectivity index is 1.31. The number of hydrogen-bond acceptors (Lipinski definition) is 7. The van der Waals surface area contributed by atoms with Gasteiger partial charge in [0.05, 0.1) is 18.6 Å². The van der Waals surface area contributed by atoms with Crippen LogP contribution in [0.25, 0.3) is 0 Å². The average Bonchev–Trinajstić information content (AvgIpc) is 2.85. The van der Waals surface area contributed by atoms with Gasteiger partial charge in [-0.2, -0.15) is 0 Å². The number of amides is 1. The van der Waals surface area contributed by atoms with Gasteiger partial charge in [0.25, 0.3) is 0 Å². The highest BCUT2D eigenvalue weighted by atomic mass is 35.5. The van der Waals surface area contributed by atoms with E-state index in [0.717, 1.165) is 49.5 Å². The molecule has 3 aromatic rings. The van der Waals surface area contributed by atoms with Crippen LogP contribution >= 0.6 is 23.4 Å². The van der Waals surface area contributed by atoms with Crippen molar-refractivity contribution in [1.82, 2.24) is 9.97 Å². The largest absolute Gasteiger partial charge is 0.497 e. The van der Waals surface area contributed by atoms with Crippen LogP contribution in [0.4, 0.5) is 21.6 Å². The summed E-state index contributed by atoms with van der Waals surface area (Å²) in [6, 6.07) is 14.1. The SMILES string of the molecule is COc1cccc(N2CCN(c3cc(SCC(=O)Nc4ccc(Cl)cc4F)ncn3)CC2)c1. The van der Waals surface area contributed by atoms with E-state index in [4.69, 9.17) is 16.3 Å². The van der Waals surface area contributed by atoms with Crippen LogP contribution in [0.2, 0.25) is 5.02 Å². The first-order valence-electron chi connectivity index (χ1n) is 10.4. The second kappa shape index (κ2) is 10.7. The summed E-state index contributed by atoms with van der Waals surface area (Å²) in [5.41, 5.74) is 1.23. The Hall–Kier alpha value is -3.04. The van der Waals surface area contributed by atoms with Gasteiger partial charge in [0.1, 0.15) is 28.7 Å². The molecule has 0 unspecified atom stereocenters. The number of halogens is 2. The van der Waals surface area contributed by atoms with Crippen molar-refractivity contribution in [2.45, 2.75) is 5.03 Å². The number of piperazine rings is 1. The van der Waals surface area contributed by atoms with Gasteiger partial charge in [0.15, 0.2) is 0 Å². The molecular formula is C23H23ClFN5O2S. The Morgan fingerprint density at radius 2 is 1.91 bits per heavy atom. The lowest BCUT2D eigenvalue weighted by atomic mass is 10.2. The van der Waals surface area contributed by atoms with Crippen molar-refractivity contribution in [3.8, 4) is 5.75 Å². The van der Waals surface area contributed by atoms with E-state index in [1.54, 1.807) is 7.11 Å². The third kappa shape index (κ3) is 6.06. The number of nitrogens with one attached hydrogen (secondary N) is 1. The first-order chi connectivity index (χ1) is 16.0. The molecule has 33 heavy (non-hydrogen) atoms. The minimum atomic E-state index is -0.571.